The van der Waals surface area contributed by atoms with Gasteiger partial charge in [-0.1, -0.05) is 0 Å². The molecule has 5 N–H and O–H groups in total. The van der Waals surface area contributed by atoms with E-state index in [0.717, 1.165) is 12.1 Å². The molecule has 4 nitrogen and oxygen atoms in total. The van der Waals surface area contributed by atoms with Gasteiger partial charge in [-0.2, -0.15) is 0 Å². The number of aromatic hydroxyl groups is 3. The number of hydrogen-bond acceptors (Lipinski definition) is 4. The van der Waals surface area contributed by atoms with Crippen molar-refractivity contribution in [3.8, 4) is 17.2 Å². The molecular formula is C9H12ClF2NO3. The summed E-state index contributed by atoms with van der Waals surface area (Å²) in [4.78, 5) is 0. The molecule has 0 aliphatic carbocycles. The van der Waals surface area contributed by atoms with Gasteiger partial charge in [0.05, 0.1) is 5.56 Å². The van der Waals surface area contributed by atoms with Crippen LogP contribution in [0.1, 0.15) is 18.0 Å². The van der Waals surface area contributed by atoms with Gasteiger partial charge in [0.15, 0.2) is 0 Å². The Labute approximate surface area is 96.7 Å². The molecule has 0 aromatic heterocycles. The summed E-state index contributed by atoms with van der Waals surface area (Å²) in [7, 11) is 0. The quantitative estimate of drug-likeness (QED) is 0.664. The van der Waals surface area contributed by atoms with Gasteiger partial charge in [-0.05, 0) is 0 Å². The standard InChI is InChI=1S/C9H11F2NO3.ClH/c10-8(11)3-5(12)9-6(14)1-4(13)2-7(9)15;/h1-2,5,8,13-15H,3,12H2;1H/t5-;/m0./s1. The molecule has 92 valence electrons. The van der Waals surface area contributed by atoms with Crippen molar-refractivity contribution in [3.63, 3.8) is 0 Å². The van der Waals surface area contributed by atoms with Crippen LogP contribution in [-0.4, -0.2) is 21.7 Å². The predicted octanol–water partition coefficient (Wildman–Crippen LogP) is 1.88. The van der Waals surface area contributed by atoms with Crippen molar-refractivity contribution < 1.29 is 24.1 Å². The number of phenolic OH excluding ortho intramolecular Hbond substituents is 3. The van der Waals surface area contributed by atoms with Gasteiger partial charge in [-0.15, -0.1) is 12.4 Å². The molecule has 1 aromatic rings. The zero-order valence-corrected chi connectivity index (χ0v) is 8.92. The third-order valence-corrected chi connectivity index (χ3v) is 1.92. The molecule has 1 aromatic carbocycles. The maximum Gasteiger partial charge on any atom is 0.240 e. The van der Waals surface area contributed by atoms with E-state index in [1.807, 2.05) is 0 Å². The van der Waals surface area contributed by atoms with E-state index in [9.17, 15) is 19.0 Å². The molecule has 0 aliphatic heterocycles. The molecule has 0 heterocycles. The number of halogens is 3. The van der Waals surface area contributed by atoms with Crippen molar-refractivity contribution in [2.75, 3.05) is 0 Å². The van der Waals surface area contributed by atoms with E-state index in [4.69, 9.17) is 10.8 Å². The monoisotopic (exact) mass is 255 g/mol. The van der Waals surface area contributed by atoms with Crippen LogP contribution in [0.3, 0.4) is 0 Å². The highest BCUT2D eigenvalue weighted by molar-refractivity contribution is 5.85. The van der Waals surface area contributed by atoms with E-state index in [1.54, 1.807) is 0 Å². The summed E-state index contributed by atoms with van der Waals surface area (Å²) in [5.41, 5.74) is 5.18. The molecule has 0 saturated carbocycles. The number of alkyl halides is 2. The van der Waals surface area contributed by atoms with Gasteiger partial charge in [0.25, 0.3) is 0 Å². The maximum atomic E-state index is 12.0. The molecule has 0 unspecified atom stereocenters. The molecule has 16 heavy (non-hydrogen) atoms. The summed E-state index contributed by atoms with van der Waals surface area (Å²) in [6.45, 7) is 0. The minimum atomic E-state index is -2.63. The maximum absolute atomic E-state index is 12.0. The zero-order valence-electron chi connectivity index (χ0n) is 8.10. The van der Waals surface area contributed by atoms with Gasteiger partial charge in [0.2, 0.25) is 6.43 Å². The second-order valence-electron chi connectivity index (χ2n) is 3.13. The summed E-state index contributed by atoms with van der Waals surface area (Å²) in [5, 5.41) is 27.6. The Bertz CT molecular complexity index is 340. The van der Waals surface area contributed by atoms with Crippen LogP contribution in [-0.2, 0) is 0 Å². The fourth-order valence-corrected chi connectivity index (χ4v) is 1.30. The molecule has 0 saturated heterocycles. The van der Waals surface area contributed by atoms with Crippen LogP contribution >= 0.6 is 12.4 Å². The largest absolute Gasteiger partial charge is 0.508 e. The molecule has 0 fully saturated rings. The second-order valence-corrected chi connectivity index (χ2v) is 3.13. The third-order valence-electron chi connectivity index (χ3n) is 1.92. The minimum Gasteiger partial charge on any atom is -0.508 e. The summed E-state index contributed by atoms with van der Waals surface area (Å²) in [6, 6.07) is 0.687. The number of benzene rings is 1. The smallest absolute Gasteiger partial charge is 0.240 e. The molecule has 0 radical (unpaired) electrons. The molecule has 0 spiro atoms. The molecule has 1 rings (SSSR count). The van der Waals surface area contributed by atoms with Crippen molar-refractivity contribution in [2.24, 2.45) is 5.73 Å². The number of phenols is 3. The third kappa shape index (κ3) is 3.39. The van der Waals surface area contributed by atoms with Gasteiger partial charge < -0.3 is 21.1 Å². The highest BCUT2D eigenvalue weighted by Gasteiger charge is 2.20. The first-order valence-electron chi connectivity index (χ1n) is 4.20. The van der Waals surface area contributed by atoms with Gasteiger partial charge in [-0.3, -0.25) is 0 Å². The van der Waals surface area contributed by atoms with Crippen molar-refractivity contribution in [1.82, 2.24) is 0 Å². The van der Waals surface area contributed by atoms with E-state index < -0.39 is 30.4 Å². The lowest BCUT2D eigenvalue weighted by atomic mass is 10.0. The predicted molar refractivity (Wildman–Crippen MR) is 56.2 cm³/mol. The van der Waals surface area contributed by atoms with Crippen LogP contribution in [0.4, 0.5) is 8.78 Å². The summed E-state index contributed by atoms with van der Waals surface area (Å²) in [6.07, 6.45) is -3.31. The van der Waals surface area contributed by atoms with Crippen molar-refractivity contribution in [3.05, 3.63) is 17.7 Å². The lowest BCUT2D eigenvalue weighted by Crippen LogP contribution is -2.14. The fraction of sp³-hybridized carbons (Fsp3) is 0.333. The van der Waals surface area contributed by atoms with Crippen LogP contribution in [0.5, 0.6) is 17.2 Å². The van der Waals surface area contributed by atoms with E-state index in [2.05, 4.69) is 0 Å². The first-order chi connectivity index (χ1) is 6.91. The van der Waals surface area contributed by atoms with E-state index in [0.29, 0.717) is 0 Å². The lowest BCUT2D eigenvalue weighted by Gasteiger charge is -2.14. The topological polar surface area (TPSA) is 86.7 Å². The van der Waals surface area contributed by atoms with Crippen LogP contribution < -0.4 is 5.73 Å². The summed E-state index contributed by atoms with van der Waals surface area (Å²) in [5.74, 6) is -1.36. The zero-order chi connectivity index (χ0) is 11.6. The molecular weight excluding hydrogens is 244 g/mol. The van der Waals surface area contributed by atoms with Gasteiger partial charge >= 0.3 is 0 Å². The summed E-state index contributed by atoms with van der Waals surface area (Å²) >= 11 is 0. The van der Waals surface area contributed by atoms with E-state index >= 15 is 0 Å². The molecule has 1 atom stereocenters. The molecule has 7 heteroatoms. The minimum absolute atomic E-state index is 0. The first-order valence-corrected chi connectivity index (χ1v) is 4.20. The molecule has 0 amide bonds. The average molecular weight is 256 g/mol. The Morgan fingerprint density at radius 3 is 1.94 bits per heavy atom. The first kappa shape index (κ1) is 14.7. The van der Waals surface area contributed by atoms with Crippen LogP contribution in [0, 0.1) is 0 Å². The van der Waals surface area contributed by atoms with Crippen molar-refractivity contribution >= 4 is 12.4 Å². The number of nitrogens with two attached hydrogens (primary N) is 1. The Hall–Kier alpha value is -1.27. The molecule has 0 aliphatic rings. The Morgan fingerprint density at radius 1 is 1.12 bits per heavy atom. The van der Waals surface area contributed by atoms with E-state index in [1.165, 1.54) is 0 Å². The summed E-state index contributed by atoms with van der Waals surface area (Å²) < 4.78 is 24.0. The van der Waals surface area contributed by atoms with Crippen LogP contribution in [0.2, 0.25) is 0 Å². The van der Waals surface area contributed by atoms with E-state index in [-0.39, 0.29) is 23.7 Å². The lowest BCUT2D eigenvalue weighted by molar-refractivity contribution is 0.127. The van der Waals surface area contributed by atoms with Gasteiger partial charge in [-0.25, -0.2) is 8.78 Å². The Kier molecular flexibility index (Phi) is 5.26. The van der Waals surface area contributed by atoms with Crippen LogP contribution in [0.15, 0.2) is 12.1 Å². The fourth-order valence-electron chi connectivity index (χ4n) is 1.30. The number of hydrogen-bond donors (Lipinski definition) is 4. The Balaban J connectivity index is 0.00000225. The van der Waals surface area contributed by atoms with Crippen molar-refractivity contribution in [2.45, 2.75) is 18.9 Å². The average Bonchev–Trinajstić information content (AvgIpc) is 1.99. The Morgan fingerprint density at radius 2 is 1.56 bits per heavy atom. The normalized spacial score (nSPS) is 12.2. The highest BCUT2D eigenvalue weighted by atomic mass is 35.5. The van der Waals surface area contributed by atoms with Crippen molar-refractivity contribution in [1.29, 1.82) is 0 Å². The van der Waals surface area contributed by atoms with Gasteiger partial charge in [0.1, 0.15) is 17.2 Å². The van der Waals surface area contributed by atoms with Gasteiger partial charge in [0, 0.05) is 24.6 Å². The number of rotatable bonds is 3. The SMILES string of the molecule is Cl.N[C@@H](CC(F)F)c1c(O)cc(O)cc1O. The second kappa shape index (κ2) is 5.72. The molecule has 0 bridgehead atoms. The highest BCUT2D eigenvalue weighted by Crippen LogP contribution is 2.37. The van der Waals surface area contributed by atoms with Crippen LogP contribution in [0.25, 0.3) is 0 Å².